The van der Waals surface area contributed by atoms with Gasteiger partial charge in [0.25, 0.3) is 0 Å². The lowest BCUT2D eigenvalue weighted by Gasteiger charge is -2.00. The molecule has 0 fully saturated rings. The third kappa shape index (κ3) is 6.97. The van der Waals surface area contributed by atoms with Gasteiger partial charge in [-0.25, -0.2) is 0 Å². The van der Waals surface area contributed by atoms with Gasteiger partial charge >= 0.3 is 0 Å². The van der Waals surface area contributed by atoms with Crippen molar-refractivity contribution >= 4 is 34.9 Å². The van der Waals surface area contributed by atoms with E-state index in [0.717, 1.165) is 0 Å². The predicted octanol–water partition coefficient (Wildman–Crippen LogP) is 2.60. The van der Waals surface area contributed by atoms with E-state index >= 15 is 0 Å². The summed E-state index contributed by atoms with van der Waals surface area (Å²) in [5.74, 6) is -0.496. The van der Waals surface area contributed by atoms with Gasteiger partial charge in [-0.05, 0) is 13.8 Å². The fraction of sp³-hybridized carbons (Fsp3) is 0.333. The largest absolute Gasteiger partial charge is 0.368 e. The molecule has 0 saturated carbocycles. The summed E-state index contributed by atoms with van der Waals surface area (Å²) in [6, 6.07) is 9.05. The number of nitrogens with two attached hydrogens (primary N) is 1. The van der Waals surface area contributed by atoms with Crippen molar-refractivity contribution in [1.82, 2.24) is 0 Å². The Morgan fingerprint density at radius 3 is 1.76 bits per heavy atom. The van der Waals surface area contributed by atoms with Crippen LogP contribution < -0.4 is 5.73 Å². The van der Waals surface area contributed by atoms with Crippen LogP contribution in [-0.2, 0) is 4.79 Å². The van der Waals surface area contributed by atoms with Crippen LogP contribution in [0.5, 0.6) is 0 Å². The van der Waals surface area contributed by atoms with Crippen LogP contribution in [0.25, 0.3) is 0 Å². The Balaban J connectivity index is 0.000000366. The van der Waals surface area contributed by atoms with Crippen LogP contribution in [0.1, 0.15) is 24.2 Å². The minimum atomic E-state index is -0.537. The monoisotopic (exact) mass is 275 g/mol. The number of hydrogen-bond acceptors (Lipinski definition) is 2. The number of ketones is 1. The molecule has 1 aromatic carbocycles. The summed E-state index contributed by atoms with van der Waals surface area (Å²) in [5.41, 5.74) is 5.34. The minimum absolute atomic E-state index is 0.0210. The van der Waals surface area contributed by atoms with Gasteiger partial charge in [-0.3, -0.25) is 9.59 Å². The van der Waals surface area contributed by atoms with Gasteiger partial charge in [-0.2, -0.15) is 0 Å². The molecule has 0 aliphatic rings. The van der Waals surface area contributed by atoms with Gasteiger partial charge in [-0.1, -0.05) is 30.3 Å². The molecule has 0 radical (unpaired) electrons. The van der Waals surface area contributed by atoms with Crippen molar-refractivity contribution in [3.05, 3.63) is 35.9 Å². The van der Waals surface area contributed by atoms with E-state index in [4.69, 9.17) is 23.2 Å². The van der Waals surface area contributed by atoms with Gasteiger partial charge in [0.2, 0.25) is 5.91 Å². The molecule has 0 saturated heterocycles. The standard InChI is InChI=1S/C9H9ClO.C3H6ClNO/c1-7(10)9(11)8-5-3-2-4-6-8;1-2(4)3(5)6/h2-7H,1H3;2H,1H3,(H2,5,6). The van der Waals surface area contributed by atoms with Crippen molar-refractivity contribution in [3.63, 3.8) is 0 Å². The zero-order valence-corrected chi connectivity index (χ0v) is 11.2. The van der Waals surface area contributed by atoms with Crippen LogP contribution in [0.2, 0.25) is 0 Å². The molecular formula is C12H15Cl2NO2. The van der Waals surface area contributed by atoms with Gasteiger partial charge in [0.1, 0.15) is 5.38 Å². The molecule has 5 heteroatoms. The van der Waals surface area contributed by atoms with Crippen molar-refractivity contribution in [1.29, 1.82) is 0 Å². The van der Waals surface area contributed by atoms with Crippen LogP contribution >= 0.6 is 23.2 Å². The van der Waals surface area contributed by atoms with Gasteiger partial charge in [0, 0.05) is 5.56 Å². The second kappa shape index (κ2) is 8.09. The number of amides is 1. The van der Waals surface area contributed by atoms with Crippen molar-refractivity contribution < 1.29 is 9.59 Å². The Bertz CT molecular complexity index is 364. The maximum atomic E-state index is 11.2. The summed E-state index contributed by atoms with van der Waals surface area (Å²) in [4.78, 5) is 21.0. The molecule has 2 atom stereocenters. The number of rotatable bonds is 3. The van der Waals surface area contributed by atoms with E-state index in [1.807, 2.05) is 18.2 Å². The fourth-order valence-corrected chi connectivity index (χ4v) is 0.958. The lowest BCUT2D eigenvalue weighted by Crippen LogP contribution is -2.19. The number of hydrogen-bond donors (Lipinski definition) is 1. The number of Topliss-reactive ketones (excluding diaryl/α,β-unsaturated/α-hetero) is 1. The number of halogens is 2. The molecule has 17 heavy (non-hydrogen) atoms. The topological polar surface area (TPSA) is 60.2 Å². The van der Waals surface area contributed by atoms with Crippen LogP contribution in [0.15, 0.2) is 30.3 Å². The van der Waals surface area contributed by atoms with Gasteiger partial charge in [0.15, 0.2) is 5.78 Å². The Morgan fingerprint density at radius 1 is 1.06 bits per heavy atom. The van der Waals surface area contributed by atoms with E-state index in [1.165, 1.54) is 6.92 Å². The van der Waals surface area contributed by atoms with Crippen molar-refractivity contribution in [3.8, 4) is 0 Å². The molecular weight excluding hydrogens is 261 g/mol. The van der Waals surface area contributed by atoms with E-state index in [2.05, 4.69) is 5.73 Å². The van der Waals surface area contributed by atoms with Gasteiger partial charge in [-0.15, -0.1) is 23.2 Å². The van der Waals surface area contributed by atoms with Crippen molar-refractivity contribution in [2.45, 2.75) is 24.6 Å². The Hall–Kier alpha value is -1.06. The first kappa shape index (κ1) is 15.9. The van der Waals surface area contributed by atoms with Gasteiger partial charge < -0.3 is 5.73 Å². The third-order valence-corrected chi connectivity index (χ3v) is 2.22. The smallest absolute Gasteiger partial charge is 0.235 e. The van der Waals surface area contributed by atoms with Crippen LogP contribution in [0, 0.1) is 0 Å². The SMILES string of the molecule is CC(Cl)C(=O)c1ccccc1.CC(Cl)C(N)=O. The molecule has 1 amide bonds. The van der Waals surface area contributed by atoms with E-state index in [-0.39, 0.29) is 5.78 Å². The number of alkyl halides is 2. The summed E-state index contributed by atoms with van der Waals surface area (Å²) < 4.78 is 0. The predicted molar refractivity (Wildman–Crippen MR) is 70.6 cm³/mol. The van der Waals surface area contributed by atoms with E-state index in [0.29, 0.717) is 5.56 Å². The highest BCUT2D eigenvalue weighted by molar-refractivity contribution is 6.33. The average Bonchev–Trinajstić information content (AvgIpc) is 2.29. The fourth-order valence-electron chi connectivity index (χ4n) is 0.832. The molecule has 0 heterocycles. The van der Waals surface area contributed by atoms with E-state index < -0.39 is 16.7 Å². The van der Waals surface area contributed by atoms with Crippen LogP contribution in [0.4, 0.5) is 0 Å². The quantitative estimate of drug-likeness (QED) is 0.681. The summed E-state index contributed by atoms with van der Waals surface area (Å²) in [7, 11) is 0. The van der Waals surface area contributed by atoms with Crippen LogP contribution in [0.3, 0.4) is 0 Å². The van der Waals surface area contributed by atoms with E-state index in [1.54, 1.807) is 19.1 Å². The second-order valence-corrected chi connectivity index (χ2v) is 4.67. The Morgan fingerprint density at radius 2 is 1.47 bits per heavy atom. The Labute approximate surface area is 111 Å². The molecule has 0 spiro atoms. The third-order valence-electron chi connectivity index (χ3n) is 1.81. The zero-order valence-electron chi connectivity index (χ0n) is 9.69. The molecule has 0 aliphatic carbocycles. The normalized spacial score (nSPS) is 12.9. The average molecular weight is 276 g/mol. The number of primary amides is 1. The summed E-state index contributed by atoms with van der Waals surface area (Å²) >= 11 is 10.8. The molecule has 0 bridgehead atoms. The zero-order chi connectivity index (χ0) is 13.4. The molecule has 0 aromatic heterocycles. The lowest BCUT2D eigenvalue weighted by atomic mass is 10.1. The first-order chi connectivity index (χ1) is 7.86. The molecule has 94 valence electrons. The molecule has 1 aromatic rings. The first-order valence-electron chi connectivity index (χ1n) is 5.03. The summed E-state index contributed by atoms with van der Waals surface area (Å²) in [6.07, 6.45) is 0. The summed E-state index contributed by atoms with van der Waals surface area (Å²) in [6.45, 7) is 3.21. The molecule has 1 rings (SSSR count). The molecule has 2 N–H and O–H groups in total. The highest BCUT2D eigenvalue weighted by Crippen LogP contribution is 2.06. The molecule has 0 aliphatic heterocycles. The maximum absolute atomic E-state index is 11.2. The first-order valence-corrected chi connectivity index (χ1v) is 5.90. The highest BCUT2D eigenvalue weighted by atomic mass is 35.5. The molecule has 3 nitrogen and oxygen atoms in total. The molecule has 2 unspecified atom stereocenters. The highest BCUT2D eigenvalue weighted by Gasteiger charge is 2.10. The van der Waals surface area contributed by atoms with E-state index in [9.17, 15) is 9.59 Å². The van der Waals surface area contributed by atoms with Crippen LogP contribution in [-0.4, -0.2) is 22.4 Å². The minimum Gasteiger partial charge on any atom is -0.368 e. The maximum Gasteiger partial charge on any atom is 0.235 e. The second-order valence-electron chi connectivity index (χ2n) is 3.36. The number of benzene rings is 1. The van der Waals surface area contributed by atoms with Crippen molar-refractivity contribution in [2.75, 3.05) is 0 Å². The lowest BCUT2D eigenvalue weighted by molar-refractivity contribution is -0.117. The van der Waals surface area contributed by atoms with Gasteiger partial charge in [0.05, 0.1) is 5.38 Å². The van der Waals surface area contributed by atoms with Crippen molar-refractivity contribution in [2.24, 2.45) is 5.73 Å². The number of carbonyl (C=O) groups excluding carboxylic acids is 2. The summed E-state index contributed by atoms with van der Waals surface area (Å²) in [5, 5.41) is -0.970. The Kier molecular flexibility index (Phi) is 7.59. The number of carbonyl (C=O) groups is 2.